The van der Waals surface area contributed by atoms with E-state index in [0.29, 0.717) is 13.2 Å². The summed E-state index contributed by atoms with van der Waals surface area (Å²) in [6.07, 6.45) is 0. The van der Waals surface area contributed by atoms with Crippen molar-refractivity contribution in [1.29, 1.82) is 0 Å². The molecule has 0 heterocycles. The van der Waals surface area contributed by atoms with E-state index in [9.17, 15) is 0 Å². The maximum Gasteiger partial charge on any atom is 0.0615 e. The van der Waals surface area contributed by atoms with Gasteiger partial charge in [-0.3, -0.25) is 0 Å². The highest BCUT2D eigenvalue weighted by molar-refractivity contribution is 4.52. The Morgan fingerprint density at radius 1 is 1.11 bits per heavy atom. The molecule has 3 heteroatoms. The van der Waals surface area contributed by atoms with Gasteiger partial charge in [-0.25, -0.2) is 0 Å². The highest BCUT2D eigenvalue weighted by atomic mass is 16.5. The van der Waals surface area contributed by atoms with E-state index in [1.807, 2.05) is 13.8 Å². The minimum Gasteiger partial charge on any atom is -0.378 e. The molecule has 4 N–H and O–H groups in total. The second kappa shape index (κ2) is 4.73. The van der Waals surface area contributed by atoms with Crippen LogP contribution in [0.5, 0.6) is 0 Å². The largest absolute Gasteiger partial charge is 0.378 e. The molecular weight excluding hydrogens is 116 g/mol. The molecule has 0 amide bonds. The Morgan fingerprint density at radius 3 is 1.67 bits per heavy atom. The fourth-order valence-corrected chi connectivity index (χ4v) is 0.440. The zero-order valence-electron chi connectivity index (χ0n) is 6.13. The molecule has 0 saturated heterocycles. The van der Waals surface area contributed by atoms with Crippen LogP contribution in [0, 0.1) is 0 Å². The molecule has 0 aromatic heterocycles. The first-order chi connectivity index (χ1) is 4.13. The van der Waals surface area contributed by atoms with Crippen molar-refractivity contribution in [1.82, 2.24) is 0 Å². The minimum absolute atomic E-state index is 0.115. The number of ether oxygens (including phenoxy) is 1. The molecule has 0 saturated carbocycles. The summed E-state index contributed by atoms with van der Waals surface area (Å²) in [5, 5.41) is 0. The molecule has 0 rings (SSSR count). The van der Waals surface area contributed by atoms with Gasteiger partial charge in [-0.15, -0.1) is 0 Å². The molecule has 2 atom stereocenters. The summed E-state index contributed by atoms with van der Waals surface area (Å²) in [7, 11) is 0. The molecule has 9 heavy (non-hydrogen) atoms. The summed E-state index contributed by atoms with van der Waals surface area (Å²) in [6.45, 7) is 5.01. The van der Waals surface area contributed by atoms with Crippen LogP contribution in [0.25, 0.3) is 0 Å². The van der Waals surface area contributed by atoms with Gasteiger partial charge in [0.2, 0.25) is 0 Å². The second-order valence-corrected chi connectivity index (χ2v) is 2.49. The first-order valence-corrected chi connectivity index (χ1v) is 3.22. The quantitative estimate of drug-likeness (QED) is 0.552. The van der Waals surface area contributed by atoms with Crippen LogP contribution in [-0.2, 0) is 4.74 Å². The van der Waals surface area contributed by atoms with Crippen LogP contribution >= 0.6 is 0 Å². The van der Waals surface area contributed by atoms with E-state index in [1.54, 1.807) is 0 Å². The monoisotopic (exact) mass is 132 g/mol. The van der Waals surface area contributed by atoms with Gasteiger partial charge in [-0.2, -0.15) is 0 Å². The zero-order valence-corrected chi connectivity index (χ0v) is 6.13. The Bertz CT molecular complexity index is 56.1. The van der Waals surface area contributed by atoms with Crippen LogP contribution in [0.15, 0.2) is 0 Å². The summed E-state index contributed by atoms with van der Waals surface area (Å²) < 4.78 is 5.11. The minimum atomic E-state index is 0.115. The third-order valence-corrected chi connectivity index (χ3v) is 0.761. The second-order valence-electron chi connectivity index (χ2n) is 2.49. The van der Waals surface area contributed by atoms with Gasteiger partial charge in [0.25, 0.3) is 0 Å². The highest BCUT2D eigenvalue weighted by Crippen LogP contribution is 1.81. The topological polar surface area (TPSA) is 61.3 Å². The van der Waals surface area contributed by atoms with E-state index in [4.69, 9.17) is 16.2 Å². The van der Waals surface area contributed by atoms with E-state index >= 15 is 0 Å². The van der Waals surface area contributed by atoms with Gasteiger partial charge in [0, 0.05) is 12.1 Å². The number of rotatable bonds is 4. The lowest BCUT2D eigenvalue weighted by molar-refractivity contribution is 0.115. The predicted molar refractivity (Wildman–Crippen MR) is 38.1 cm³/mol. The van der Waals surface area contributed by atoms with E-state index in [0.717, 1.165) is 0 Å². The van der Waals surface area contributed by atoms with Crippen LogP contribution in [0.3, 0.4) is 0 Å². The highest BCUT2D eigenvalue weighted by Gasteiger charge is 1.95. The average molecular weight is 132 g/mol. The van der Waals surface area contributed by atoms with Gasteiger partial charge < -0.3 is 16.2 Å². The van der Waals surface area contributed by atoms with Gasteiger partial charge in [-0.1, -0.05) is 0 Å². The van der Waals surface area contributed by atoms with E-state index in [-0.39, 0.29) is 12.1 Å². The van der Waals surface area contributed by atoms with Crippen molar-refractivity contribution < 1.29 is 4.74 Å². The lowest BCUT2D eigenvalue weighted by Crippen LogP contribution is -2.27. The van der Waals surface area contributed by atoms with Crippen molar-refractivity contribution in [3.63, 3.8) is 0 Å². The number of nitrogens with two attached hydrogens (primary N) is 2. The van der Waals surface area contributed by atoms with E-state index in [1.165, 1.54) is 0 Å². The molecule has 0 aliphatic heterocycles. The molecule has 0 radical (unpaired) electrons. The Labute approximate surface area is 56.4 Å². The molecule has 56 valence electrons. The summed E-state index contributed by atoms with van der Waals surface area (Å²) >= 11 is 0. The summed E-state index contributed by atoms with van der Waals surface area (Å²) in [5.41, 5.74) is 10.8. The number of hydrogen-bond acceptors (Lipinski definition) is 3. The molecular formula is C6H16N2O. The third kappa shape index (κ3) is 7.88. The van der Waals surface area contributed by atoms with Gasteiger partial charge >= 0.3 is 0 Å². The van der Waals surface area contributed by atoms with Crippen molar-refractivity contribution in [3.8, 4) is 0 Å². The SMILES string of the molecule is C[C@H](N)COC[C@H](C)N. The molecule has 0 aliphatic rings. The zero-order chi connectivity index (χ0) is 7.28. The molecule has 0 fully saturated rings. The lowest BCUT2D eigenvalue weighted by atomic mass is 10.4. The fraction of sp³-hybridized carbons (Fsp3) is 1.00. The summed E-state index contributed by atoms with van der Waals surface area (Å²) in [4.78, 5) is 0. The first kappa shape index (κ1) is 8.88. The average Bonchev–Trinajstić information content (AvgIpc) is 1.63. The standard InChI is InChI=1S/C6H16N2O/c1-5(7)3-9-4-6(2)8/h5-6H,3-4,7-8H2,1-2H3/t5-,6-/m0/s1. The first-order valence-electron chi connectivity index (χ1n) is 3.22. The van der Waals surface area contributed by atoms with Gasteiger partial charge in [0.1, 0.15) is 0 Å². The van der Waals surface area contributed by atoms with Gasteiger partial charge in [-0.05, 0) is 13.8 Å². The smallest absolute Gasteiger partial charge is 0.0615 e. The van der Waals surface area contributed by atoms with Crippen LogP contribution in [0.1, 0.15) is 13.8 Å². The van der Waals surface area contributed by atoms with Crippen LogP contribution in [0.4, 0.5) is 0 Å². The van der Waals surface area contributed by atoms with Gasteiger partial charge in [0.05, 0.1) is 13.2 Å². The molecule has 0 aromatic carbocycles. The predicted octanol–water partition coefficient (Wildman–Crippen LogP) is -0.303. The Balaban J connectivity index is 2.91. The molecule has 0 unspecified atom stereocenters. The molecule has 0 aliphatic carbocycles. The Kier molecular flexibility index (Phi) is 4.67. The lowest BCUT2D eigenvalue weighted by Gasteiger charge is -2.08. The van der Waals surface area contributed by atoms with Gasteiger partial charge in [0.15, 0.2) is 0 Å². The molecule has 0 spiro atoms. The van der Waals surface area contributed by atoms with Crippen molar-refractivity contribution >= 4 is 0 Å². The molecule has 3 nitrogen and oxygen atoms in total. The fourth-order valence-electron chi connectivity index (χ4n) is 0.440. The maximum atomic E-state index is 5.41. The summed E-state index contributed by atoms with van der Waals surface area (Å²) in [5.74, 6) is 0. The van der Waals surface area contributed by atoms with Crippen molar-refractivity contribution in [2.75, 3.05) is 13.2 Å². The third-order valence-electron chi connectivity index (χ3n) is 0.761. The van der Waals surface area contributed by atoms with Crippen LogP contribution in [-0.4, -0.2) is 25.3 Å². The van der Waals surface area contributed by atoms with E-state index in [2.05, 4.69) is 0 Å². The molecule has 0 bridgehead atoms. The van der Waals surface area contributed by atoms with Crippen molar-refractivity contribution in [2.45, 2.75) is 25.9 Å². The van der Waals surface area contributed by atoms with E-state index < -0.39 is 0 Å². The van der Waals surface area contributed by atoms with Crippen LogP contribution < -0.4 is 11.5 Å². The van der Waals surface area contributed by atoms with Crippen LogP contribution in [0.2, 0.25) is 0 Å². The van der Waals surface area contributed by atoms with Crippen molar-refractivity contribution in [3.05, 3.63) is 0 Å². The number of hydrogen-bond donors (Lipinski definition) is 2. The Morgan fingerprint density at radius 2 is 1.44 bits per heavy atom. The maximum absolute atomic E-state index is 5.41. The normalized spacial score (nSPS) is 17.3. The molecule has 0 aromatic rings. The Hall–Kier alpha value is -0.120. The van der Waals surface area contributed by atoms with Crippen molar-refractivity contribution in [2.24, 2.45) is 11.5 Å². The summed E-state index contributed by atoms with van der Waals surface area (Å²) in [6, 6.07) is 0.229.